The van der Waals surface area contributed by atoms with Gasteiger partial charge in [-0.05, 0) is 23.6 Å². The van der Waals surface area contributed by atoms with Crippen molar-refractivity contribution in [1.82, 2.24) is 0 Å². The number of terminal acetylenes is 1. The first kappa shape index (κ1) is 29.5. The SMILES string of the molecule is C#CCOC[C@H]1OC(OCC#CC)[C@H](OCc2ccccc2)[C@@H](OCc2ccccc2)[C@@H]1OCc1ccccc1. The minimum absolute atomic E-state index is 0.154. The molecule has 1 saturated heterocycles. The summed E-state index contributed by atoms with van der Waals surface area (Å²) in [5, 5.41) is 0. The van der Waals surface area contributed by atoms with Crippen LogP contribution in [0.1, 0.15) is 23.6 Å². The first-order valence-electron chi connectivity index (χ1n) is 13.4. The Kier molecular flexibility index (Phi) is 12.3. The van der Waals surface area contributed by atoms with Crippen LogP contribution in [0.2, 0.25) is 0 Å². The highest BCUT2D eigenvalue weighted by molar-refractivity contribution is 5.16. The summed E-state index contributed by atoms with van der Waals surface area (Å²) in [7, 11) is 0. The average Bonchev–Trinajstić information content (AvgIpc) is 3.00. The fourth-order valence-electron chi connectivity index (χ4n) is 4.44. The van der Waals surface area contributed by atoms with Gasteiger partial charge in [-0.2, -0.15) is 0 Å². The van der Waals surface area contributed by atoms with Crippen LogP contribution in [0.5, 0.6) is 0 Å². The zero-order chi connectivity index (χ0) is 27.8. The molecule has 1 heterocycles. The molecule has 0 amide bonds. The average molecular weight is 541 g/mol. The van der Waals surface area contributed by atoms with Crippen LogP contribution in [0.3, 0.4) is 0 Å². The predicted octanol–water partition coefficient (Wildman–Crippen LogP) is 5.16. The van der Waals surface area contributed by atoms with Crippen LogP contribution in [0, 0.1) is 24.2 Å². The second-order valence-corrected chi connectivity index (χ2v) is 9.28. The van der Waals surface area contributed by atoms with E-state index in [1.54, 1.807) is 6.92 Å². The van der Waals surface area contributed by atoms with Crippen molar-refractivity contribution in [2.45, 2.75) is 57.5 Å². The van der Waals surface area contributed by atoms with Gasteiger partial charge >= 0.3 is 0 Å². The van der Waals surface area contributed by atoms with Crippen LogP contribution < -0.4 is 0 Å². The zero-order valence-corrected chi connectivity index (χ0v) is 22.8. The fraction of sp³-hybridized carbons (Fsp3) is 0.353. The lowest BCUT2D eigenvalue weighted by Gasteiger charge is -2.45. The van der Waals surface area contributed by atoms with Crippen molar-refractivity contribution >= 4 is 0 Å². The molecule has 0 bridgehead atoms. The summed E-state index contributed by atoms with van der Waals surface area (Å²) in [6.07, 6.45) is 2.49. The van der Waals surface area contributed by atoms with Crippen LogP contribution in [-0.4, -0.2) is 50.5 Å². The number of benzene rings is 3. The Morgan fingerprint density at radius 1 is 0.650 bits per heavy atom. The summed E-state index contributed by atoms with van der Waals surface area (Å²) in [6, 6.07) is 30.0. The predicted molar refractivity (Wildman–Crippen MR) is 153 cm³/mol. The second-order valence-electron chi connectivity index (χ2n) is 9.28. The van der Waals surface area contributed by atoms with E-state index in [0.717, 1.165) is 16.7 Å². The molecule has 0 aliphatic carbocycles. The molecule has 208 valence electrons. The molecule has 1 fully saturated rings. The van der Waals surface area contributed by atoms with E-state index in [9.17, 15) is 0 Å². The molecule has 1 aliphatic heterocycles. The van der Waals surface area contributed by atoms with Gasteiger partial charge in [0.2, 0.25) is 0 Å². The highest BCUT2D eigenvalue weighted by atomic mass is 16.7. The second kappa shape index (κ2) is 16.6. The van der Waals surface area contributed by atoms with E-state index < -0.39 is 30.7 Å². The monoisotopic (exact) mass is 540 g/mol. The van der Waals surface area contributed by atoms with Crippen molar-refractivity contribution in [1.29, 1.82) is 0 Å². The van der Waals surface area contributed by atoms with Crippen LogP contribution in [0.15, 0.2) is 91.0 Å². The maximum Gasteiger partial charge on any atom is 0.188 e. The third-order valence-electron chi connectivity index (χ3n) is 6.41. The largest absolute Gasteiger partial charge is 0.368 e. The van der Waals surface area contributed by atoms with Gasteiger partial charge in [0.15, 0.2) is 6.29 Å². The molecule has 0 N–H and O–H groups in total. The number of ether oxygens (including phenoxy) is 6. The van der Waals surface area contributed by atoms with Crippen molar-refractivity contribution in [3.63, 3.8) is 0 Å². The Labute approximate surface area is 237 Å². The molecule has 1 unspecified atom stereocenters. The molecule has 40 heavy (non-hydrogen) atoms. The van der Waals surface area contributed by atoms with Gasteiger partial charge in [0, 0.05) is 0 Å². The molecule has 0 spiro atoms. The van der Waals surface area contributed by atoms with E-state index in [2.05, 4.69) is 17.8 Å². The number of hydrogen-bond donors (Lipinski definition) is 0. The van der Waals surface area contributed by atoms with Crippen molar-refractivity contribution in [3.8, 4) is 24.2 Å². The van der Waals surface area contributed by atoms with Crippen molar-refractivity contribution in [3.05, 3.63) is 108 Å². The van der Waals surface area contributed by atoms with E-state index in [4.69, 9.17) is 34.8 Å². The molecule has 6 heteroatoms. The summed E-state index contributed by atoms with van der Waals surface area (Å²) in [4.78, 5) is 0. The van der Waals surface area contributed by atoms with Gasteiger partial charge < -0.3 is 28.4 Å². The maximum atomic E-state index is 6.60. The van der Waals surface area contributed by atoms with Crippen molar-refractivity contribution in [2.75, 3.05) is 19.8 Å². The molecule has 3 aromatic carbocycles. The van der Waals surface area contributed by atoms with Crippen LogP contribution in [-0.2, 0) is 48.2 Å². The summed E-state index contributed by atoms with van der Waals surface area (Å²) in [5.74, 6) is 8.33. The first-order valence-corrected chi connectivity index (χ1v) is 13.4. The van der Waals surface area contributed by atoms with Crippen molar-refractivity contribution < 1.29 is 28.4 Å². The Morgan fingerprint density at radius 2 is 1.15 bits per heavy atom. The normalized spacial score (nSPS) is 22.1. The first-order chi connectivity index (χ1) is 19.8. The van der Waals surface area contributed by atoms with E-state index in [0.29, 0.717) is 19.8 Å². The summed E-state index contributed by atoms with van der Waals surface area (Å²) >= 11 is 0. The third-order valence-corrected chi connectivity index (χ3v) is 6.41. The van der Waals surface area contributed by atoms with Gasteiger partial charge in [-0.25, -0.2) is 0 Å². The minimum Gasteiger partial charge on any atom is -0.368 e. The highest BCUT2D eigenvalue weighted by Crippen LogP contribution is 2.31. The van der Waals surface area contributed by atoms with Gasteiger partial charge in [0.25, 0.3) is 0 Å². The summed E-state index contributed by atoms with van der Waals surface area (Å²) < 4.78 is 37.9. The zero-order valence-electron chi connectivity index (χ0n) is 22.8. The van der Waals surface area contributed by atoms with Crippen molar-refractivity contribution in [2.24, 2.45) is 0 Å². The molecular formula is C34H36O6. The molecule has 6 nitrogen and oxygen atoms in total. The lowest BCUT2D eigenvalue weighted by Crippen LogP contribution is -2.61. The number of rotatable bonds is 14. The Bertz CT molecular complexity index is 1220. The van der Waals surface area contributed by atoms with Gasteiger partial charge in [-0.15, -0.1) is 12.3 Å². The molecule has 0 saturated carbocycles. The van der Waals surface area contributed by atoms with Crippen LogP contribution >= 0.6 is 0 Å². The number of hydrogen-bond acceptors (Lipinski definition) is 6. The van der Waals surface area contributed by atoms with Crippen LogP contribution in [0.25, 0.3) is 0 Å². The Morgan fingerprint density at radius 3 is 1.65 bits per heavy atom. The molecule has 0 radical (unpaired) electrons. The summed E-state index contributed by atoms with van der Waals surface area (Å²) in [5.41, 5.74) is 3.09. The molecule has 5 atom stereocenters. The highest BCUT2D eigenvalue weighted by Gasteiger charge is 2.49. The van der Waals surface area contributed by atoms with E-state index >= 15 is 0 Å². The topological polar surface area (TPSA) is 55.4 Å². The summed E-state index contributed by atoms with van der Waals surface area (Å²) in [6.45, 7) is 3.39. The van der Waals surface area contributed by atoms with E-state index in [1.807, 2.05) is 91.0 Å². The van der Waals surface area contributed by atoms with E-state index in [-0.39, 0.29) is 19.8 Å². The lowest BCUT2D eigenvalue weighted by molar-refractivity contribution is -0.325. The molecular weight excluding hydrogens is 504 g/mol. The fourth-order valence-corrected chi connectivity index (χ4v) is 4.44. The van der Waals surface area contributed by atoms with Gasteiger partial charge in [-0.3, -0.25) is 0 Å². The Balaban J connectivity index is 1.63. The van der Waals surface area contributed by atoms with Gasteiger partial charge in [0.05, 0.1) is 26.4 Å². The quantitative estimate of drug-likeness (QED) is 0.208. The van der Waals surface area contributed by atoms with E-state index in [1.165, 1.54) is 0 Å². The lowest BCUT2D eigenvalue weighted by atomic mass is 9.97. The minimum atomic E-state index is -0.763. The van der Waals surface area contributed by atoms with Crippen LogP contribution in [0.4, 0.5) is 0 Å². The smallest absolute Gasteiger partial charge is 0.188 e. The molecule has 0 aromatic heterocycles. The van der Waals surface area contributed by atoms with Gasteiger partial charge in [0.1, 0.15) is 37.6 Å². The van der Waals surface area contributed by atoms with Gasteiger partial charge in [-0.1, -0.05) is 103 Å². The standard InChI is InChI=1S/C34H36O6/c1-3-5-22-36-34-33(39-25-29-19-13-8-14-20-29)32(38-24-28-17-11-7-12-18-28)31(30(40-34)26-35-21-4-2)37-23-27-15-9-6-10-16-27/h2,6-20,30-34H,21-26H2,1H3/t30-,31-,32+,33-,34?/m1/s1. The molecule has 3 aromatic rings. The molecule has 1 aliphatic rings. The third kappa shape index (κ3) is 9.05. The molecule has 4 rings (SSSR count). The maximum absolute atomic E-state index is 6.60. The Hall–Kier alpha value is -3.46.